The Balaban J connectivity index is 3.46. The fourth-order valence-corrected chi connectivity index (χ4v) is 2.26. The largest absolute Gasteiger partial charge is 0.253 e. The predicted octanol–water partition coefficient (Wildman–Crippen LogP) is -0.608. The summed E-state index contributed by atoms with van der Waals surface area (Å²) in [6.45, 7) is 2.01. The Morgan fingerprint density at radius 1 is 0.909 bits per heavy atom. The Hall–Kier alpha value is 0.870. The molecule has 0 aliphatic rings. The molecular formula is C6H11NP4. The molecule has 1 nitrogen and oxygen atoms in total. The van der Waals surface area contributed by atoms with Crippen molar-refractivity contribution in [1.82, 2.24) is 4.98 Å². The molecule has 11 heavy (non-hydrogen) atoms. The molecule has 0 aromatic carbocycles. The van der Waals surface area contributed by atoms with E-state index in [1.165, 1.54) is 10.6 Å². The first-order valence-corrected chi connectivity index (χ1v) is 5.41. The molecule has 0 spiro atoms. The third-order valence-corrected chi connectivity index (χ3v) is 4.93. The lowest BCUT2D eigenvalue weighted by atomic mass is 10.4. The standard InChI is InChI=1S/C6H11NP4/c1-2-3(8)4(9)5(10)6(11)7-2/h8-11H2,1H3. The maximum absolute atomic E-state index is 4.34. The quantitative estimate of drug-likeness (QED) is 0.533. The van der Waals surface area contributed by atoms with Crippen molar-refractivity contribution in [2.45, 2.75) is 6.92 Å². The van der Waals surface area contributed by atoms with Crippen LogP contribution >= 0.6 is 37.0 Å². The molecule has 4 atom stereocenters. The van der Waals surface area contributed by atoms with Gasteiger partial charge in [-0.05, 0) is 17.5 Å². The molecule has 0 radical (unpaired) electrons. The number of nitrogens with zero attached hydrogens (tertiary/aromatic N) is 1. The minimum absolute atomic E-state index is 1.00. The van der Waals surface area contributed by atoms with E-state index < -0.39 is 0 Å². The fourth-order valence-electron chi connectivity index (χ4n) is 0.779. The summed E-state index contributed by atoms with van der Waals surface area (Å²) in [4.78, 5) is 4.34. The molecule has 0 aliphatic heterocycles. The highest BCUT2D eigenvalue weighted by Crippen LogP contribution is 1.98. The first-order chi connectivity index (χ1) is 5.04. The molecule has 0 N–H and O–H groups in total. The highest BCUT2D eigenvalue weighted by Gasteiger charge is 2.04. The minimum atomic E-state index is 1.00. The van der Waals surface area contributed by atoms with Crippen molar-refractivity contribution >= 4 is 58.3 Å². The topological polar surface area (TPSA) is 12.9 Å². The highest BCUT2D eigenvalue weighted by molar-refractivity contribution is 7.42. The van der Waals surface area contributed by atoms with Gasteiger partial charge in [-0.2, -0.15) is 0 Å². The summed E-state index contributed by atoms with van der Waals surface area (Å²) in [6.07, 6.45) is 0. The summed E-state index contributed by atoms with van der Waals surface area (Å²) in [7, 11) is 10.7. The number of aryl methyl sites for hydroxylation is 1. The predicted molar refractivity (Wildman–Crippen MR) is 66.4 cm³/mol. The zero-order valence-corrected chi connectivity index (χ0v) is 10.9. The third-order valence-electron chi connectivity index (χ3n) is 1.53. The van der Waals surface area contributed by atoms with Crippen molar-refractivity contribution in [2.24, 2.45) is 0 Å². The van der Waals surface area contributed by atoms with Crippen molar-refractivity contribution in [1.29, 1.82) is 0 Å². The summed E-state index contributed by atoms with van der Waals surface area (Å²) in [5.41, 5.74) is 2.07. The molecule has 5 heteroatoms. The summed E-state index contributed by atoms with van der Waals surface area (Å²) >= 11 is 0. The Labute approximate surface area is 76.3 Å². The molecule has 60 valence electrons. The number of rotatable bonds is 0. The number of hydrogen-bond donors (Lipinski definition) is 0. The highest BCUT2D eigenvalue weighted by atomic mass is 31.0. The molecule has 0 saturated heterocycles. The minimum Gasteiger partial charge on any atom is -0.253 e. The van der Waals surface area contributed by atoms with Crippen molar-refractivity contribution < 1.29 is 0 Å². The van der Waals surface area contributed by atoms with Gasteiger partial charge in [-0.3, -0.25) is 4.98 Å². The zero-order chi connectivity index (χ0) is 8.59. The van der Waals surface area contributed by atoms with Gasteiger partial charge in [0.25, 0.3) is 0 Å². The third kappa shape index (κ3) is 1.96. The van der Waals surface area contributed by atoms with E-state index in [1.807, 2.05) is 6.92 Å². The molecule has 0 bridgehead atoms. The average Bonchev–Trinajstić information content (AvgIpc) is 1.97. The second-order valence-corrected chi connectivity index (χ2v) is 4.60. The normalized spacial score (nSPS) is 10.3. The van der Waals surface area contributed by atoms with Crippen LogP contribution in [-0.4, -0.2) is 4.98 Å². The lowest BCUT2D eigenvalue weighted by Crippen LogP contribution is -2.36. The maximum atomic E-state index is 4.34. The number of pyridine rings is 1. The van der Waals surface area contributed by atoms with E-state index in [1.54, 1.807) is 0 Å². The Kier molecular flexibility index (Phi) is 3.37. The summed E-state index contributed by atoms with van der Waals surface area (Å²) < 4.78 is 0. The smallest absolute Gasteiger partial charge is 0.0649 e. The van der Waals surface area contributed by atoms with Crippen LogP contribution in [0, 0.1) is 6.92 Å². The molecule has 0 saturated carbocycles. The van der Waals surface area contributed by atoms with E-state index in [0.717, 1.165) is 16.4 Å². The zero-order valence-electron chi connectivity index (χ0n) is 6.26. The Bertz CT molecular complexity index is 271. The SMILES string of the molecule is Cc1nc(P)c(P)c(P)c1P. The van der Waals surface area contributed by atoms with E-state index in [0.29, 0.717) is 0 Å². The van der Waals surface area contributed by atoms with Crippen LogP contribution in [0.4, 0.5) is 0 Å². The molecular weight excluding hydrogens is 210 g/mol. The van der Waals surface area contributed by atoms with Gasteiger partial charge in [-0.1, -0.05) is 9.24 Å². The summed E-state index contributed by atoms with van der Waals surface area (Å²) in [5, 5.41) is 3.53. The van der Waals surface area contributed by atoms with Crippen molar-refractivity contribution in [3.8, 4) is 0 Å². The molecule has 0 amide bonds. The van der Waals surface area contributed by atoms with Crippen LogP contribution < -0.4 is 21.3 Å². The van der Waals surface area contributed by atoms with Crippen molar-refractivity contribution in [3.63, 3.8) is 0 Å². The molecule has 1 rings (SSSR count). The van der Waals surface area contributed by atoms with Gasteiger partial charge in [0.05, 0.1) is 5.44 Å². The van der Waals surface area contributed by atoms with Crippen LogP contribution in [0.5, 0.6) is 0 Å². The summed E-state index contributed by atoms with van der Waals surface area (Å²) in [5.74, 6) is 0. The van der Waals surface area contributed by atoms with E-state index in [2.05, 4.69) is 41.9 Å². The summed E-state index contributed by atoms with van der Waals surface area (Å²) in [6, 6.07) is 0. The van der Waals surface area contributed by atoms with E-state index >= 15 is 0 Å². The Morgan fingerprint density at radius 3 is 2.00 bits per heavy atom. The van der Waals surface area contributed by atoms with E-state index in [-0.39, 0.29) is 0 Å². The van der Waals surface area contributed by atoms with Crippen LogP contribution in [-0.2, 0) is 0 Å². The molecule has 4 unspecified atom stereocenters. The van der Waals surface area contributed by atoms with E-state index in [4.69, 9.17) is 0 Å². The van der Waals surface area contributed by atoms with Crippen LogP contribution in [0.15, 0.2) is 0 Å². The second-order valence-electron chi connectivity index (χ2n) is 2.32. The van der Waals surface area contributed by atoms with Gasteiger partial charge in [0.2, 0.25) is 0 Å². The van der Waals surface area contributed by atoms with Gasteiger partial charge in [-0.25, -0.2) is 0 Å². The molecule has 0 aliphatic carbocycles. The van der Waals surface area contributed by atoms with Crippen molar-refractivity contribution in [3.05, 3.63) is 5.69 Å². The molecule has 0 fully saturated rings. The average molecular weight is 221 g/mol. The van der Waals surface area contributed by atoms with Crippen LogP contribution in [0.3, 0.4) is 0 Å². The fraction of sp³-hybridized carbons (Fsp3) is 0.167. The van der Waals surface area contributed by atoms with Gasteiger partial charge >= 0.3 is 0 Å². The van der Waals surface area contributed by atoms with Gasteiger partial charge in [0.1, 0.15) is 0 Å². The lowest BCUT2D eigenvalue weighted by Gasteiger charge is -2.08. The first kappa shape index (κ1) is 9.95. The van der Waals surface area contributed by atoms with Gasteiger partial charge < -0.3 is 0 Å². The van der Waals surface area contributed by atoms with Crippen LogP contribution in [0.25, 0.3) is 0 Å². The van der Waals surface area contributed by atoms with Crippen LogP contribution in [0.1, 0.15) is 5.69 Å². The van der Waals surface area contributed by atoms with Gasteiger partial charge in [-0.15, -0.1) is 27.7 Å². The lowest BCUT2D eigenvalue weighted by molar-refractivity contribution is 1.28. The second kappa shape index (κ2) is 3.72. The molecule has 1 aromatic heterocycles. The Morgan fingerprint density at radius 2 is 1.45 bits per heavy atom. The van der Waals surface area contributed by atoms with Gasteiger partial charge in [0.15, 0.2) is 0 Å². The number of hydrogen-bond acceptors (Lipinski definition) is 1. The molecule has 1 aromatic rings. The monoisotopic (exact) mass is 221 g/mol. The maximum Gasteiger partial charge on any atom is 0.0649 e. The van der Waals surface area contributed by atoms with Crippen LogP contribution in [0.2, 0.25) is 0 Å². The molecule has 1 heterocycles. The van der Waals surface area contributed by atoms with Crippen molar-refractivity contribution in [2.75, 3.05) is 0 Å². The number of aromatic nitrogens is 1. The van der Waals surface area contributed by atoms with Gasteiger partial charge in [0, 0.05) is 11.0 Å². The van der Waals surface area contributed by atoms with E-state index in [9.17, 15) is 0 Å². The first-order valence-electron chi connectivity index (χ1n) is 3.10.